The molecule has 3 aromatic rings. The summed E-state index contributed by atoms with van der Waals surface area (Å²) in [5, 5.41) is 3.30. The third-order valence-electron chi connectivity index (χ3n) is 3.66. The van der Waals surface area contributed by atoms with Gasteiger partial charge < -0.3 is 9.73 Å². The van der Waals surface area contributed by atoms with Crippen molar-refractivity contribution in [1.82, 2.24) is 5.32 Å². The standard InChI is InChI=1S/C19H17BrFNO.ClH/c1-13-10-15(20)4-8-18(13)19-9-7-17(23-19)12-22-11-14-2-5-16(21)6-3-14;/h2-10,22H,11-12H2,1H3;1H. The summed E-state index contributed by atoms with van der Waals surface area (Å²) >= 11 is 3.47. The summed E-state index contributed by atoms with van der Waals surface area (Å²) in [4.78, 5) is 0. The average molecular weight is 411 g/mol. The van der Waals surface area contributed by atoms with Crippen molar-refractivity contribution in [3.63, 3.8) is 0 Å². The normalized spacial score (nSPS) is 10.5. The second-order valence-electron chi connectivity index (χ2n) is 5.46. The molecule has 5 heteroatoms. The van der Waals surface area contributed by atoms with Gasteiger partial charge in [0.15, 0.2) is 0 Å². The van der Waals surface area contributed by atoms with Gasteiger partial charge in [0.1, 0.15) is 17.3 Å². The molecule has 0 aliphatic heterocycles. The number of hydrogen-bond acceptors (Lipinski definition) is 2. The van der Waals surface area contributed by atoms with Crippen LogP contribution >= 0.6 is 28.3 Å². The van der Waals surface area contributed by atoms with Gasteiger partial charge in [0.2, 0.25) is 0 Å². The van der Waals surface area contributed by atoms with Gasteiger partial charge in [-0.1, -0.05) is 28.1 Å². The fourth-order valence-corrected chi connectivity index (χ4v) is 2.93. The highest BCUT2D eigenvalue weighted by Gasteiger charge is 2.07. The molecule has 2 aromatic carbocycles. The minimum absolute atomic E-state index is 0. The lowest BCUT2D eigenvalue weighted by Gasteiger charge is -2.04. The molecule has 126 valence electrons. The van der Waals surface area contributed by atoms with Crippen molar-refractivity contribution in [3.8, 4) is 11.3 Å². The molecule has 1 heterocycles. The molecule has 1 N–H and O–H groups in total. The van der Waals surface area contributed by atoms with Gasteiger partial charge in [-0.25, -0.2) is 4.39 Å². The maximum atomic E-state index is 12.9. The van der Waals surface area contributed by atoms with Crippen LogP contribution in [0.3, 0.4) is 0 Å². The topological polar surface area (TPSA) is 25.2 Å². The maximum absolute atomic E-state index is 12.9. The van der Waals surface area contributed by atoms with Gasteiger partial charge in [-0.3, -0.25) is 0 Å². The first-order chi connectivity index (χ1) is 11.1. The average Bonchev–Trinajstić information content (AvgIpc) is 2.98. The van der Waals surface area contributed by atoms with Crippen LogP contribution in [0.25, 0.3) is 11.3 Å². The number of halogens is 3. The van der Waals surface area contributed by atoms with E-state index in [1.54, 1.807) is 12.1 Å². The Kier molecular flexibility index (Phi) is 6.60. The van der Waals surface area contributed by atoms with Crippen LogP contribution in [-0.2, 0) is 13.1 Å². The second-order valence-corrected chi connectivity index (χ2v) is 6.37. The number of benzene rings is 2. The molecule has 0 unspecified atom stereocenters. The van der Waals surface area contributed by atoms with E-state index in [1.165, 1.54) is 17.7 Å². The lowest BCUT2D eigenvalue weighted by molar-refractivity contribution is 0.493. The van der Waals surface area contributed by atoms with Crippen molar-refractivity contribution in [2.75, 3.05) is 0 Å². The third kappa shape index (κ3) is 4.69. The Morgan fingerprint density at radius 1 is 1.00 bits per heavy atom. The van der Waals surface area contributed by atoms with E-state index >= 15 is 0 Å². The molecular weight excluding hydrogens is 393 g/mol. The Balaban J connectivity index is 0.00000208. The molecule has 0 aliphatic carbocycles. The van der Waals surface area contributed by atoms with Crippen LogP contribution < -0.4 is 5.32 Å². The molecule has 1 aromatic heterocycles. The Morgan fingerprint density at radius 2 is 1.75 bits per heavy atom. The first-order valence-corrected chi connectivity index (χ1v) is 8.21. The van der Waals surface area contributed by atoms with Gasteiger partial charge in [0.25, 0.3) is 0 Å². The molecule has 3 rings (SSSR count). The van der Waals surface area contributed by atoms with E-state index in [9.17, 15) is 4.39 Å². The number of nitrogens with one attached hydrogen (secondary N) is 1. The minimum Gasteiger partial charge on any atom is -0.460 e. The smallest absolute Gasteiger partial charge is 0.134 e. The lowest BCUT2D eigenvalue weighted by Crippen LogP contribution is -2.11. The zero-order chi connectivity index (χ0) is 16.2. The summed E-state index contributed by atoms with van der Waals surface area (Å²) in [5.74, 6) is 1.53. The van der Waals surface area contributed by atoms with E-state index in [1.807, 2.05) is 24.3 Å². The molecule has 0 saturated carbocycles. The van der Waals surface area contributed by atoms with E-state index in [-0.39, 0.29) is 18.2 Å². The van der Waals surface area contributed by atoms with Crippen molar-refractivity contribution in [2.24, 2.45) is 0 Å². The monoisotopic (exact) mass is 409 g/mol. The first kappa shape index (κ1) is 18.7. The van der Waals surface area contributed by atoms with Crippen LogP contribution in [0.5, 0.6) is 0 Å². The summed E-state index contributed by atoms with van der Waals surface area (Å²) in [7, 11) is 0. The highest BCUT2D eigenvalue weighted by molar-refractivity contribution is 9.10. The van der Waals surface area contributed by atoms with Crippen molar-refractivity contribution in [2.45, 2.75) is 20.0 Å². The van der Waals surface area contributed by atoms with E-state index < -0.39 is 0 Å². The SMILES string of the molecule is Cc1cc(Br)ccc1-c1ccc(CNCc2ccc(F)cc2)o1.Cl. The quantitative estimate of drug-likeness (QED) is 0.569. The molecule has 0 saturated heterocycles. The second kappa shape index (κ2) is 8.47. The van der Waals surface area contributed by atoms with Crippen LogP contribution in [0.2, 0.25) is 0 Å². The number of rotatable bonds is 5. The third-order valence-corrected chi connectivity index (χ3v) is 4.15. The van der Waals surface area contributed by atoms with Crippen molar-refractivity contribution >= 4 is 28.3 Å². The molecule has 2 nitrogen and oxygen atoms in total. The zero-order valence-electron chi connectivity index (χ0n) is 13.2. The van der Waals surface area contributed by atoms with Gasteiger partial charge in [-0.05, 0) is 60.5 Å². The van der Waals surface area contributed by atoms with Crippen molar-refractivity contribution < 1.29 is 8.81 Å². The molecule has 0 amide bonds. The highest BCUT2D eigenvalue weighted by atomic mass is 79.9. The minimum atomic E-state index is -0.214. The summed E-state index contributed by atoms with van der Waals surface area (Å²) in [6, 6.07) is 16.6. The molecule has 0 spiro atoms. The van der Waals surface area contributed by atoms with E-state index in [4.69, 9.17) is 4.42 Å². The molecular formula is C19H18BrClFNO. The van der Waals surface area contributed by atoms with Crippen LogP contribution in [0.15, 0.2) is 63.5 Å². The van der Waals surface area contributed by atoms with Gasteiger partial charge in [-0.2, -0.15) is 0 Å². The van der Waals surface area contributed by atoms with Crippen molar-refractivity contribution in [3.05, 3.63) is 81.8 Å². The predicted octanol–water partition coefficient (Wildman–Crippen LogP) is 5.87. The first-order valence-electron chi connectivity index (χ1n) is 7.42. The number of furan rings is 1. The van der Waals surface area contributed by atoms with Gasteiger partial charge in [-0.15, -0.1) is 12.4 Å². The number of aryl methyl sites for hydroxylation is 1. The van der Waals surface area contributed by atoms with Crippen LogP contribution in [-0.4, -0.2) is 0 Å². The Labute approximate surface area is 155 Å². The van der Waals surface area contributed by atoms with E-state index in [0.29, 0.717) is 13.1 Å². The number of hydrogen-bond donors (Lipinski definition) is 1. The highest BCUT2D eigenvalue weighted by Crippen LogP contribution is 2.27. The summed E-state index contributed by atoms with van der Waals surface area (Å²) in [5.41, 5.74) is 3.31. The van der Waals surface area contributed by atoms with Crippen LogP contribution in [0, 0.1) is 12.7 Å². The van der Waals surface area contributed by atoms with Crippen molar-refractivity contribution in [1.29, 1.82) is 0 Å². The molecule has 24 heavy (non-hydrogen) atoms. The Bertz CT molecular complexity index is 801. The Morgan fingerprint density at radius 3 is 2.46 bits per heavy atom. The molecule has 0 atom stereocenters. The molecule has 0 aliphatic rings. The van der Waals surface area contributed by atoms with E-state index in [2.05, 4.69) is 34.2 Å². The van der Waals surface area contributed by atoms with Gasteiger partial charge in [0.05, 0.1) is 6.54 Å². The fourth-order valence-electron chi connectivity index (χ4n) is 2.45. The summed E-state index contributed by atoms with van der Waals surface area (Å²) in [6.45, 7) is 3.37. The molecule has 0 fully saturated rings. The summed E-state index contributed by atoms with van der Waals surface area (Å²) < 4.78 is 19.8. The van der Waals surface area contributed by atoms with Gasteiger partial charge >= 0.3 is 0 Å². The fraction of sp³-hybridized carbons (Fsp3) is 0.158. The zero-order valence-corrected chi connectivity index (χ0v) is 15.6. The lowest BCUT2D eigenvalue weighted by atomic mass is 10.1. The van der Waals surface area contributed by atoms with Crippen LogP contribution in [0.1, 0.15) is 16.9 Å². The van der Waals surface area contributed by atoms with E-state index in [0.717, 1.165) is 27.1 Å². The largest absolute Gasteiger partial charge is 0.460 e. The van der Waals surface area contributed by atoms with Crippen LogP contribution in [0.4, 0.5) is 4.39 Å². The predicted molar refractivity (Wildman–Crippen MR) is 101 cm³/mol. The maximum Gasteiger partial charge on any atom is 0.134 e. The Hall–Kier alpha value is -1.62. The van der Waals surface area contributed by atoms with Gasteiger partial charge in [0, 0.05) is 16.6 Å². The molecule has 0 radical (unpaired) electrons. The molecule has 0 bridgehead atoms. The summed E-state index contributed by atoms with van der Waals surface area (Å²) in [6.07, 6.45) is 0.